The summed E-state index contributed by atoms with van der Waals surface area (Å²) in [4.78, 5) is 11.2. The molecule has 2 heterocycles. The number of piperidine rings is 1. The molecule has 1 saturated heterocycles. The summed E-state index contributed by atoms with van der Waals surface area (Å²) in [5.74, 6) is 3.02. The van der Waals surface area contributed by atoms with Gasteiger partial charge < -0.3 is 14.4 Å². The topological polar surface area (TPSA) is 93.7 Å². The van der Waals surface area contributed by atoms with E-state index in [9.17, 15) is 8.42 Å². The van der Waals surface area contributed by atoms with Gasteiger partial charge in [0.15, 0.2) is 11.5 Å². The van der Waals surface area contributed by atoms with Crippen molar-refractivity contribution in [1.29, 1.82) is 0 Å². The van der Waals surface area contributed by atoms with Crippen molar-refractivity contribution in [2.24, 2.45) is 11.8 Å². The molecule has 1 aromatic carbocycles. The maximum Gasteiger partial charge on any atom is 0.211 e. The van der Waals surface area contributed by atoms with Crippen molar-refractivity contribution in [2.45, 2.75) is 33.1 Å². The molecule has 8 nitrogen and oxygen atoms in total. The molecule has 166 valence electrons. The Balaban J connectivity index is 1.62. The first kappa shape index (κ1) is 22.6. The average molecular weight is 437 g/mol. The zero-order valence-electron chi connectivity index (χ0n) is 18.2. The zero-order chi connectivity index (χ0) is 21.7. The highest BCUT2D eigenvalue weighted by Gasteiger charge is 2.23. The Morgan fingerprint density at radius 3 is 2.43 bits per heavy atom. The van der Waals surface area contributed by atoms with E-state index < -0.39 is 10.0 Å². The first-order valence-corrected chi connectivity index (χ1v) is 12.1. The molecule has 0 unspecified atom stereocenters. The zero-order valence-corrected chi connectivity index (χ0v) is 19.0. The van der Waals surface area contributed by atoms with Gasteiger partial charge in [0.25, 0.3) is 0 Å². The second-order valence-electron chi connectivity index (χ2n) is 8.21. The first-order valence-electron chi connectivity index (χ1n) is 10.4. The summed E-state index contributed by atoms with van der Waals surface area (Å²) >= 11 is 0. The molecule has 0 bridgehead atoms. The quantitative estimate of drug-likeness (QED) is 0.646. The number of sulfonamides is 1. The number of aromatic nitrogens is 2. The monoisotopic (exact) mass is 436 g/mol. The summed E-state index contributed by atoms with van der Waals surface area (Å²) < 4.78 is 37.5. The summed E-state index contributed by atoms with van der Waals surface area (Å²) in [6.45, 7) is 6.09. The highest BCUT2D eigenvalue weighted by molar-refractivity contribution is 7.89. The average Bonchev–Trinajstić information content (AvgIpc) is 2.71. The van der Waals surface area contributed by atoms with Crippen molar-refractivity contribution in [2.75, 3.05) is 44.5 Å². The van der Waals surface area contributed by atoms with Gasteiger partial charge >= 0.3 is 0 Å². The van der Waals surface area contributed by atoms with Crippen LogP contribution in [0.2, 0.25) is 0 Å². The molecule has 1 aromatic heterocycles. The van der Waals surface area contributed by atoms with E-state index >= 15 is 0 Å². The predicted molar refractivity (Wildman–Crippen MR) is 119 cm³/mol. The van der Waals surface area contributed by atoms with E-state index in [-0.39, 0.29) is 11.7 Å². The van der Waals surface area contributed by atoms with Crippen LogP contribution < -0.4 is 19.1 Å². The van der Waals surface area contributed by atoms with Crippen molar-refractivity contribution >= 4 is 26.7 Å². The highest BCUT2D eigenvalue weighted by atomic mass is 32.2. The molecule has 0 atom stereocenters. The van der Waals surface area contributed by atoms with Crippen molar-refractivity contribution in [1.82, 2.24) is 14.7 Å². The molecule has 1 N–H and O–H groups in total. The van der Waals surface area contributed by atoms with Crippen LogP contribution in [0.25, 0.3) is 10.9 Å². The van der Waals surface area contributed by atoms with Crippen LogP contribution in [-0.2, 0) is 10.0 Å². The van der Waals surface area contributed by atoms with Gasteiger partial charge in [-0.15, -0.1) is 0 Å². The van der Waals surface area contributed by atoms with Gasteiger partial charge in [-0.25, -0.2) is 23.1 Å². The molecular weight excluding hydrogens is 404 g/mol. The van der Waals surface area contributed by atoms with Gasteiger partial charge in [0.05, 0.1) is 25.5 Å². The Kier molecular flexibility index (Phi) is 7.36. The van der Waals surface area contributed by atoms with Crippen LogP contribution in [0.15, 0.2) is 18.5 Å². The highest BCUT2D eigenvalue weighted by Crippen LogP contribution is 2.35. The molecule has 0 radical (unpaired) electrons. The Morgan fingerprint density at radius 1 is 1.13 bits per heavy atom. The Morgan fingerprint density at radius 2 is 1.80 bits per heavy atom. The van der Waals surface area contributed by atoms with Gasteiger partial charge in [-0.05, 0) is 37.2 Å². The van der Waals surface area contributed by atoms with Gasteiger partial charge in [0.2, 0.25) is 10.0 Å². The largest absolute Gasteiger partial charge is 0.493 e. The van der Waals surface area contributed by atoms with Crippen molar-refractivity contribution in [3.63, 3.8) is 0 Å². The van der Waals surface area contributed by atoms with Gasteiger partial charge in [-0.1, -0.05) is 13.8 Å². The lowest BCUT2D eigenvalue weighted by atomic mass is 9.93. The summed E-state index contributed by atoms with van der Waals surface area (Å²) in [7, 11) is 0.0581. The maximum atomic E-state index is 12.0. The molecule has 30 heavy (non-hydrogen) atoms. The lowest BCUT2D eigenvalue weighted by molar-refractivity contribution is 0.355. The fourth-order valence-corrected chi connectivity index (χ4v) is 5.40. The minimum Gasteiger partial charge on any atom is -0.493 e. The van der Waals surface area contributed by atoms with Crippen molar-refractivity contribution < 1.29 is 17.9 Å². The number of fused-ring (bicyclic) bond motifs is 1. The lowest BCUT2D eigenvalue weighted by Crippen LogP contribution is -2.36. The molecule has 0 saturated carbocycles. The summed E-state index contributed by atoms with van der Waals surface area (Å²) in [6, 6.07) is 3.80. The Bertz CT molecular complexity index is 957. The third kappa shape index (κ3) is 5.51. The second kappa shape index (κ2) is 9.78. The van der Waals surface area contributed by atoms with Crippen molar-refractivity contribution in [3.8, 4) is 11.5 Å². The number of ether oxygens (including phenoxy) is 2. The molecule has 1 aliphatic rings. The van der Waals surface area contributed by atoms with Crippen molar-refractivity contribution in [3.05, 3.63) is 18.5 Å². The van der Waals surface area contributed by atoms with Crippen LogP contribution in [-0.4, -0.2) is 58.0 Å². The minimum absolute atomic E-state index is 0.131. The molecule has 1 aliphatic heterocycles. The van der Waals surface area contributed by atoms with E-state index in [1.54, 1.807) is 20.5 Å². The number of hydrogen-bond acceptors (Lipinski definition) is 7. The van der Waals surface area contributed by atoms with E-state index in [1.165, 1.54) is 0 Å². The second-order valence-corrected chi connectivity index (χ2v) is 10.1. The van der Waals surface area contributed by atoms with Gasteiger partial charge in [-0.3, -0.25) is 0 Å². The third-order valence-corrected chi connectivity index (χ3v) is 7.21. The number of nitrogens with zero attached hydrogens (tertiary/aromatic N) is 3. The number of rotatable bonds is 9. The summed E-state index contributed by atoms with van der Waals surface area (Å²) in [5, 5.41) is 0.940. The number of nitrogens with one attached hydrogen (secondary N) is 1. The van der Waals surface area contributed by atoms with E-state index in [1.807, 2.05) is 26.0 Å². The van der Waals surface area contributed by atoms with Crippen LogP contribution in [0.1, 0.15) is 33.1 Å². The third-order valence-electron chi connectivity index (χ3n) is 5.46. The van der Waals surface area contributed by atoms with Gasteiger partial charge in [-0.2, -0.15) is 0 Å². The van der Waals surface area contributed by atoms with E-state index in [0.717, 1.165) is 49.1 Å². The molecular formula is C21H32N4O4S. The molecule has 0 aliphatic carbocycles. The van der Waals surface area contributed by atoms with E-state index in [0.29, 0.717) is 24.0 Å². The Labute approximate surface area is 179 Å². The molecule has 9 heteroatoms. The molecule has 1 fully saturated rings. The summed E-state index contributed by atoms with van der Waals surface area (Å²) in [6.07, 6.45) is 4.45. The lowest BCUT2D eigenvalue weighted by Gasteiger charge is -2.33. The maximum absolute atomic E-state index is 12.0. The van der Waals surface area contributed by atoms with Crippen LogP contribution in [0.5, 0.6) is 11.5 Å². The van der Waals surface area contributed by atoms with Gasteiger partial charge in [0.1, 0.15) is 12.1 Å². The molecule has 0 amide bonds. The van der Waals surface area contributed by atoms with Gasteiger partial charge in [0, 0.05) is 31.1 Å². The number of methoxy groups -OCH3 is 2. The smallest absolute Gasteiger partial charge is 0.211 e. The molecule has 2 aromatic rings. The van der Waals surface area contributed by atoms with Crippen LogP contribution in [0.4, 0.5) is 5.82 Å². The fourth-order valence-electron chi connectivity index (χ4n) is 3.97. The predicted octanol–water partition coefficient (Wildman–Crippen LogP) is 2.83. The number of anilines is 1. The Hall–Kier alpha value is -2.13. The minimum atomic E-state index is -3.17. The van der Waals surface area contributed by atoms with Crippen LogP contribution >= 0.6 is 0 Å². The molecule has 0 spiro atoms. The summed E-state index contributed by atoms with van der Waals surface area (Å²) in [5.41, 5.74) is 0.819. The number of hydrogen-bond donors (Lipinski definition) is 1. The molecule has 3 rings (SSSR count). The van der Waals surface area contributed by atoms with E-state index in [2.05, 4.69) is 19.6 Å². The van der Waals surface area contributed by atoms with E-state index in [4.69, 9.17) is 9.47 Å². The normalized spacial score (nSPS) is 15.7. The fraction of sp³-hybridized carbons (Fsp3) is 0.619. The standard InChI is InChI=1S/C21H32N4O4S/c1-15(2)13-30(26,27)24-8-5-16-6-9-25(10-7-16)21-17-11-19(28-3)20(29-4)12-18(17)22-14-23-21/h11-12,14-16,24H,5-10,13H2,1-4H3. The first-order chi connectivity index (χ1) is 14.3. The van der Waals surface area contributed by atoms with Crippen LogP contribution in [0.3, 0.4) is 0 Å². The number of benzene rings is 1. The SMILES string of the molecule is COc1cc2ncnc(N3CCC(CCNS(=O)(=O)CC(C)C)CC3)c2cc1OC. The van der Waals surface area contributed by atoms with Crippen LogP contribution in [0, 0.1) is 11.8 Å².